The van der Waals surface area contributed by atoms with Gasteiger partial charge in [0.25, 0.3) is 11.8 Å². The Morgan fingerprint density at radius 2 is 1.96 bits per heavy atom. The van der Waals surface area contributed by atoms with Gasteiger partial charge in [-0.25, -0.2) is 0 Å². The largest absolute Gasteiger partial charge is 0.483 e. The van der Waals surface area contributed by atoms with Crippen LogP contribution in [0, 0.1) is 0 Å². The lowest BCUT2D eigenvalue weighted by Gasteiger charge is -2.10. The standard InChI is InChI=1S/C19H18BrClN2O3/c1-2-13-7-9-17(15(20)11-13)26-12-19(25)23-22-18(24)10-8-14-5-3-4-6-16(14)21/h3-11H,2,12H2,1H3,(H,22,24)(H,23,25)/b10-8+. The first-order valence-electron chi connectivity index (χ1n) is 7.92. The minimum absolute atomic E-state index is 0.224. The molecule has 0 aliphatic heterocycles. The van der Waals surface area contributed by atoms with Crippen molar-refractivity contribution in [3.8, 4) is 5.75 Å². The van der Waals surface area contributed by atoms with Gasteiger partial charge in [0.2, 0.25) is 0 Å². The van der Waals surface area contributed by atoms with Crippen molar-refractivity contribution in [2.24, 2.45) is 0 Å². The van der Waals surface area contributed by atoms with Crippen LogP contribution in [0.4, 0.5) is 0 Å². The molecule has 2 aromatic carbocycles. The van der Waals surface area contributed by atoms with Crippen LogP contribution in [-0.2, 0) is 16.0 Å². The van der Waals surface area contributed by atoms with Crippen LogP contribution in [-0.4, -0.2) is 18.4 Å². The van der Waals surface area contributed by atoms with Crippen LogP contribution >= 0.6 is 27.5 Å². The molecule has 0 aliphatic rings. The molecule has 0 aliphatic carbocycles. The van der Waals surface area contributed by atoms with E-state index in [-0.39, 0.29) is 6.61 Å². The summed E-state index contributed by atoms with van der Waals surface area (Å²) in [5.74, 6) is -0.398. The molecule has 0 aromatic heterocycles. The fourth-order valence-corrected chi connectivity index (χ4v) is 2.75. The summed E-state index contributed by atoms with van der Waals surface area (Å²) in [5.41, 5.74) is 6.43. The number of carbonyl (C=O) groups is 2. The van der Waals surface area contributed by atoms with Crippen molar-refractivity contribution in [2.75, 3.05) is 6.61 Å². The van der Waals surface area contributed by atoms with Crippen molar-refractivity contribution in [3.05, 3.63) is 69.2 Å². The van der Waals surface area contributed by atoms with Crippen molar-refractivity contribution in [1.29, 1.82) is 0 Å². The molecule has 0 fully saturated rings. The van der Waals surface area contributed by atoms with E-state index in [4.69, 9.17) is 16.3 Å². The number of carbonyl (C=O) groups excluding carboxylic acids is 2. The maximum atomic E-state index is 11.8. The van der Waals surface area contributed by atoms with Gasteiger partial charge in [-0.05, 0) is 57.8 Å². The van der Waals surface area contributed by atoms with Gasteiger partial charge in [0, 0.05) is 11.1 Å². The van der Waals surface area contributed by atoms with Crippen LogP contribution in [0.25, 0.3) is 6.08 Å². The molecule has 0 unspecified atom stereocenters. The van der Waals surface area contributed by atoms with Crippen molar-refractivity contribution in [1.82, 2.24) is 10.9 Å². The van der Waals surface area contributed by atoms with Crippen LogP contribution in [0.1, 0.15) is 18.1 Å². The van der Waals surface area contributed by atoms with E-state index in [1.165, 1.54) is 6.08 Å². The van der Waals surface area contributed by atoms with E-state index < -0.39 is 11.8 Å². The minimum Gasteiger partial charge on any atom is -0.483 e. The number of amides is 2. The summed E-state index contributed by atoms with van der Waals surface area (Å²) in [6.07, 6.45) is 3.75. The van der Waals surface area contributed by atoms with E-state index in [1.807, 2.05) is 18.2 Å². The number of hydrogen-bond donors (Lipinski definition) is 2. The number of benzene rings is 2. The zero-order valence-electron chi connectivity index (χ0n) is 14.1. The van der Waals surface area contributed by atoms with Crippen molar-refractivity contribution >= 4 is 45.4 Å². The second kappa shape index (κ2) is 9.99. The molecule has 2 aromatic rings. The van der Waals surface area contributed by atoms with Crippen LogP contribution < -0.4 is 15.6 Å². The molecule has 2 rings (SSSR count). The quantitative estimate of drug-likeness (QED) is 0.532. The van der Waals surface area contributed by atoms with E-state index in [9.17, 15) is 9.59 Å². The van der Waals surface area contributed by atoms with Gasteiger partial charge in [-0.2, -0.15) is 0 Å². The molecule has 26 heavy (non-hydrogen) atoms. The molecule has 0 saturated carbocycles. The molecule has 0 atom stereocenters. The first kappa shape index (κ1) is 20.0. The number of hydrogen-bond acceptors (Lipinski definition) is 3. The fraction of sp³-hybridized carbons (Fsp3) is 0.158. The van der Waals surface area contributed by atoms with Crippen LogP contribution in [0.5, 0.6) is 5.75 Å². The number of aryl methyl sites for hydroxylation is 1. The Balaban J connectivity index is 1.78. The van der Waals surface area contributed by atoms with Crippen LogP contribution in [0.15, 0.2) is 53.0 Å². The molecule has 0 spiro atoms. The monoisotopic (exact) mass is 436 g/mol. The SMILES string of the molecule is CCc1ccc(OCC(=O)NNC(=O)/C=C/c2ccccc2Cl)c(Br)c1. The Bertz CT molecular complexity index is 824. The molecule has 5 nitrogen and oxygen atoms in total. The van der Waals surface area contributed by atoms with Gasteiger partial charge in [-0.3, -0.25) is 20.4 Å². The number of rotatable bonds is 6. The maximum absolute atomic E-state index is 11.8. The predicted molar refractivity (Wildman–Crippen MR) is 106 cm³/mol. The zero-order chi connectivity index (χ0) is 18.9. The third kappa shape index (κ3) is 6.20. The lowest BCUT2D eigenvalue weighted by atomic mass is 10.2. The second-order valence-corrected chi connectivity index (χ2v) is 6.56. The Hall–Kier alpha value is -2.31. The number of hydrazine groups is 1. The van der Waals surface area contributed by atoms with Gasteiger partial charge in [0.05, 0.1) is 4.47 Å². The Kier molecular flexibility index (Phi) is 7.69. The lowest BCUT2D eigenvalue weighted by molar-refractivity contribution is -0.128. The summed E-state index contributed by atoms with van der Waals surface area (Å²) < 4.78 is 6.20. The summed E-state index contributed by atoms with van der Waals surface area (Å²) in [6, 6.07) is 12.8. The molecule has 0 radical (unpaired) electrons. The van der Waals surface area contributed by atoms with E-state index >= 15 is 0 Å². The summed E-state index contributed by atoms with van der Waals surface area (Å²) in [4.78, 5) is 23.5. The van der Waals surface area contributed by atoms with E-state index in [2.05, 4.69) is 33.7 Å². The second-order valence-electron chi connectivity index (χ2n) is 5.30. The first-order valence-corrected chi connectivity index (χ1v) is 9.09. The molecule has 2 N–H and O–H groups in total. The van der Waals surface area contributed by atoms with Crippen LogP contribution in [0.2, 0.25) is 5.02 Å². The molecule has 0 heterocycles. The number of ether oxygens (including phenoxy) is 1. The lowest BCUT2D eigenvalue weighted by Crippen LogP contribution is -2.43. The van der Waals surface area contributed by atoms with E-state index in [0.717, 1.165) is 16.5 Å². The molecule has 136 valence electrons. The van der Waals surface area contributed by atoms with Crippen molar-refractivity contribution in [3.63, 3.8) is 0 Å². The highest BCUT2D eigenvalue weighted by Crippen LogP contribution is 2.26. The van der Waals surface area contributed by atoms with Crippen LogP contribution in [0.3, 0.4) is 0 Å². The highest BCUT2D eigenvalue weighted by Gasteiger charge is 2.07. The molecular formula is C19H18BrClN2O3. The normalized spacial score (nSPS) is 10.6. The molecule has 0 saturated heterocycles. The molecule has 2 amide bonds. The number of halogens is 2. The van der Waals surface area contributed by atoms with Gasteiger partial charge in [-0.15, -0.1) is 0 Å². The summed E-state index contributed by atoms with van der Waals surface area (Å²) in [7, 11) is 0. The zero-order valence-corrected chi connectivity index (χ0v) is 16.4. The Labute approximate surface area is 165 Å². The highest BCUT2D eigenvalue weighted by atomic mass is 79.9. The number of nitrogens with one attached hydrogen (secondary N) is 2. The van der Waals surface area contributed by atoms with Gasteiger partial charge in [-0.1, -0.05) is 42.8 Å². The summed E-state index contributed by atoms with van der Waals surface area (Å²) in [6.45, 7) is 1.83. The molecule has 0 bridgehead atoms. The topological polar surface area (TPSA) is 67.4 Å². The predicted octanol–water partition coefficient (Wildman–Crippen LogP) is 3.90. The van der Waals surface area contributed by atoms with Gasteiger partial charge >= 0.3 is 0 Å². The van der Waals surface area contributed by atoms with Crippen molar-refractivity contribution in [2.45, 2.75) is 13.3 Å². The Morgan fingerprint density at radius 1 is 1.19 bits per heavy atom. The highest BCUT2D eigenvalue weighted by molar-refractivity contribution is 9.10. The maximum Gasteiger partial charge on any atom is 0.276 e. The van der Waals surface area contributed by atoms with E-state index in [0.29, 0.717) is 16.3 Å². The summed E-state index contributed by atoms with van der Waals surface area (Å²) >= 11 is 9.40. The van der Waals surface area contributed by atoms with E-state index in [1.54, 1.807) is 30.3 Å². The Morgan fingerprint density at radius 3 is 2.65 bits per heavy atom. The molecular weight excluding hydrogens is 420 g/mol. The average Bonchev–Trinajstić information content (AvgIpc) is 2.64. The third-order valence-electron chi connectivity index (χ3n) is 3.41. The summed E-state index contributed by atoms with van der Waals surface area (Å²) in [5, 5.41) is 0.536. The minimum atomic E-state index is -0.480. The van der Waals surface area contributed by atoms with Gasteiger partial charge in [0.15, 0.2) is 6.61 Å². The van der Waals surface area contributed by atoms with Gasteiger partial charge in [0.1, 0.15) is 5.75 Å². The van der Waals surface area contributed by atoms with Crippen molar-refractivity contribution < 1.29 is 14.3 Å². The molecule has 7 heteroatoms. The fourth-order valence-electron chi connectivity index (χ4n) is 2.01. The van der Waals surface area contributed by atoms with Gasteiger partial charge < -0.3 is 4.74 Å². The average molecular weight is 438 g/mol. The third-order valence-corrected chi connectivity index (χ3v) is 4.37. The first-order chi connectivity index (χ1) is 12.5. The smallest absolute Gasteiger partial charge is 0.276 e.